The molecule has 236 valence electrons. The number of carbonyl (C=O) groups is 2. The second-order valence-corrected chi connectivity index (χ2v) is 12.1. The van der Waals surface area contributed by atoms with E-state index in [0.717, 1.165) is 0 Å². The second-order valence-electron chi connectivity index (χ2n) is 10.8. The van der Waals surface area contributed by atoms with Gasteiger partial charge in [-0.3, -0.25) is 9.59 Å². The van der Waals surface area contributed by atoms with Gasteiger partial charge in [-0.1, -0.05) is 0 Å². The van der Waals surface area contributed by atoms with Crippen LogP contribution < -0.4 is 0 Å². The van der Waals surface area contributed by atoms with Crippen molar-refractivity contribution in [3.05, 3.63) is 0 Å². The molecule has 0 aliphatic carbocycles. The molecule has 4 aliphatic heterocycles. The Kier molecular flexibility index (Phi) is 9.67. The van der Waals surface area contributed by atoms with Crippen molar-refractivity contribution >= 4 is 22.3 Å². The number of rotatable bonds is 10. The Morgan fingerprint density at radius 1 is 0.902 bits per heavy atom. The summed E-state index contributed by atoms with van der Waals surface area (Å²) in [4.78, 5) is 23.8. The summed E-state index contributed by atoms with van der Waals surface area (Å²) < 4.78 is 92.7. The molecule has 4 heterocycles. The summed E-state index contributed by atoms with van der Waals surface area (Å²) in [5, 5.41) is 0. The third-order valence-corrected chi connectivity index (χ3v) is 7.59. The van der Waals surface area contributed by atoms with Crippen molar-refractivity contribution in [1.29, 1.82) is 0 Å². The quantitative estimate of drug-likeness (QED) is 0.235. The molecule has 0 N–H and O–H groups in total. The monoisotopic (exact) mass is 614 g/mol. The molecule has 0 saturated carbocycles. The topological polar surface area (TPSA) is 179 Å². The highest BCUT2D eigenvalue weighted by atomic mass is 32.3. The Labute approximate surface area is 238 Å². The molecule has 0 bridgehead atoms. The van der Waals surface area contributed by atoms with E-state index in [2.05, 4.69) is 0 Å². The normalized spacial score (nSPS) is 38.0. The third kappa shape index (κ3) is 7.53. The van der Waals surface area contributed by atoms with Crippen LogP contribution in [-0.4, -0.2) is 121 Å². The van der Waals surface area contributed by atoms with Gasteiger partial charge in [-0.15, -0.1) is 0 Å². The standard InChI is InChI=1S/C24H38O16S/c1-11(25)31-9-13-16-18(38-23(3,4)36-16)19(33-12(2)26)22(34-13)35-15(14-10-32-41(27,28)40-14)17-20(21(29-7)30-8)39-24(5,6)37-17/h13-22H,9-10H2,1-8H3/t13-,14-,15-,16+,17+,18+,19-,20-,22+/m1/s1. The van der Waals surface area contributed by atoms with Crippen LogP contribution in [0.4, 0.5) is 0 Å². The van der Waals surface area contributed by atoms with Crippen LogP contribution in [0.2, 0.25) is 0 Å². The van der Waals surface area contributed by atoms with Gasteiger partial charge in [-0.2, -0.15) is 8.42 Å². The van der Waals surface area contributed by atoms with Gasteiger partial charge in [-0.25, -0.2) is 8.37 Å². The van der Waals surface area contributed by atoms with E-state index in [0.29, 0.717) is 0 Å². The molecular formula is C24H38O16S. The van der Waals surface area contributed by atoms with Gasteiger partial charge in [0.05, 0.1) is 6.61 Å². The van der Waals surface area contributed by atoms with Gasteiger partial charge in [0.25, 0.3) is 0 Å². The predicted octanol–water partition coefficient (Wildman–Crippen LogP) is -0.0894. The molecule has 0 aromatic carbocycles. The smallest absolute Gasteiger partial charge is 0.400 e. The Morgan fingerprint density at radius 2 is 1.51 bits per heavy atom. The fourth-order valence-corrected chi connectivity index (χ4v) is 6.11. The van der Waals surface area contributed by atoms with Crippen molar-refractivity contribution in [2.45, 2.75) is 115 Å². The first-order valence-electron chi connectivity index (χ1n) is 13.0. The number of ether oxygens (including phenoxy) is 10. The molecule has 16 nitrogen and oxygen atoms in total. The highest BCUT2D eigenvalue weighted by Crippen LogP contribution is 2.42. The molecule has 0 radical (unpaired) electrons. The lowest BCUT2D eigenvalue weighted by atomic mass is 9.98. The minimum Gasteiger partial charge on any atom is -0.463 e. The van der Waals surface area contributed by atoms with Crippen LogP contribution >= 0.6 is 0 Å². The van der Waals surface area contributed by atoms with Crippen LogP contribution in [0.5, 0.6) is 0 Å². The van der Waals surface area contributed by atoms with E-state index in [9.17, 15) is 18.0 Å². The number of hydrogen-bond donors (Lipinski definition) is 0. The second kappa shape index (κ2) is 12.2. The summed E-state index contributed by atoms with van der Waals surface area (Å²) in [7, 11) is -1.55. The SMILES string of the molecule is COC(OC)[C@@H]1OC(C)(C)O[C@H]1[C@H](O[C@@H]1O[C@H](COC(C)=O)[C@@H]2OC(C)(C)O[C@@H]2[C@H]1OC(C)=O)[C@H]1COS(=O)(=O)O1. The van der Waals surface area contributed by atoms with Crippen LogP contribution in [0.15, 0.2) is 0 Å². The summed E-state index contributed by atoms with van der Waals surface area (Å²) in [6.45, 7) is 8.39. The van der Waals surface area contributed by atoms with Gasteiger partial charge in [-0.05, 0) is 27.7 Å². The zero-order valence-electron chi connectivity index (χ0n) is 24.1. The van der Waals surface area contributed by atoms with E-state index >= 15 is 0 Å². The van der Waals surface area contributed by atoms with Crippen LogP contribution in [0.25, 0.3) is 0 Å². The largest absolute Gasteiger partial charge is 0.463 e. The number of carbonyl (C=O) groups excluding carboxylic acids is 2. The average Bonchev–Trinajstić information content (AvgIpc) is 3.49. The zero-order valence-corrected chi connectivity index (χ0v) is 24.9. The van der Waals surface area contributed by atoms with Crippen molar-refractivity contribution < 1.29 is 73.7 Å². The molecule has 9 atom stereocenters. The molecule has 0 unspecified atom stereocenters. The Balaban J connectivity index is 1.71. The van der Waals surface area contributed by atoms with E-state index in [1.165, 1.54) is 28.1 Å². The molecule has 0 spiro atoms. The number of fused-ring (bicyclic) bond motifs is 1. The van der Waals surface area contributed by atoms with Crippen LogP contribution in [0.1, 0.15) is 41.5 Å². The lowest BCUT2D eigenvalue weighted by Gasteiger charge is -2.43. The minimum absolute atomic E-state index is 0.237. The van der Waals surface area contributed by atoms with E-state index in [-0.39, 0.29) is 6.61 Å². The van der Waals surface area contributed by atoms with Crippen molar-refractivity contribution in [2.75, 3.05) is 27.4 Å². The first-order valence-corrected chi connectivity index (χ1v) is 14.3. The molecule has 4 fully saturated rings. The van der Waals surface area contributed by atoms with E-state index in [1.807, 2.05) is 0 Å². The fourth-order valence-electron chi connectivity index (χ4n) is 5.28. The summed E-state index contributed by atoms with van der Waals surface area (Å²) in [6, 6.07) is 0. The van der Waals surface area contributed by atoms with Crippen molar-refractivity contribution in [3.63, 3.8) is 0 Å². The van der Waals surface area contributed by atoms with E-state index in [4.69, 9.17) is 55.7 Å². The Morgan fingerprint density at radius 3 is 2.07 bits per heavy atom. The summed E-state index contributed by atoms with van der Waals surface area (Å²) in [5.74, 6) is -3.52. The maximum absolute atomic E-state index is 12.2. The number of esters is 2. The molecule has 0 aromatic rings. The average molecular weight is 615 g/mol. The summed E-state index contributed by atoms with van der Waals surface area (Å²) in [5.41, 5.74) is 0. The Bertz CT molecular complexity index is 1060. The lowest BCUT2D eigenvalue weighted by Crippen LogP contribution is -2.62. The Hall–Kier alpha value is -1.51. The maximum Gasteiger partial charge on any atom is 0.400 e. The molecule has 41 heavy (non-hydrogen) atoms. The molecule has 0 aromatic heterocycles. The fraction of sp³-hybridized carbons (Fsp3) is 0.917. The number of methoxy groups -OCH3 is 2. The first kappa shape index (κ1) is 32.4. The van der Waals surface area contributed by atoms with Gasteiger partial charge in [0.1, 0.15) is 49.3 Å². The van der Waals surface area contributed by atoms with E-state index in [1.54, 1.807) is 27.7 Å². The zero-order chi connectivity index (χ0) is 30.3. The lowest BCUT2D eigenvalue weighted by molar-refractivity contribution is -0.314. The molecule has 4 saturated heterocycles. The van der Waals surface area contributed by atoms with Gasteiger partial charge >= 0.3 is 22.3 Å². The van der Waals surface area contributed by atoms with Crippen LogP contribution in [0.3, 0.4) is 0 Å². The highest BCUT2D eigenvalue weighted by Gasteiger charge is 2.60. The van der Waals surface area contributed by atoms with Crippen molar-refractivity contribution in [2.24, 2.45) is 0 Å². The van der Waals surface area contributed by atoms with Gasteiger partial charge in [0.2, 0.25) is 0 Å². The van der Waals surface area contributed by atoms with E-state index < -0.39 is 102 Å². The summed E-state index contributed by atoms with van der Waals surface area (Å²) in [6.07, 6.45) is -10.8. The van der Waals surface area contributed by atoms with Gasteiger partial charge < -0.3 is 47.4 Å². The molecule has 0 amide bonds. The molecule has 4 rings (SSSR count). The minimum atomic E-state index is -4.35. The molecular weight excluding hydrogens is 576 g/mol. The third-order valence-electron chi connectivity index (χ3n) is 6.68. The number of hydrogen-bond acceptors (Lipinski definition) is 16. The maximum atomic E-state index is 12.2. The van der Waals surface area contributed by atoms with Crippen molar-refractivity contribution in [1.82, 2.24) is 0 Å². The predicted molar refractivity (Wildman–Crippen MR) is 131 cm³/mol. The van der Waals surface area contributed by atoms with Gasteiger partial charge in [0, 0.05) is 28.1 Å². The van der Waals surface area contributed by atoms with Gasteiger partial charge in [0.15, 0.2) is 30.3 Å². The molecule has 17 heteroatoms. The van der Waals surface area contributed by atoms with Crippen LogP contribution in [-0.2, 0) is 75.7 Å². The highest BCUT2D eigenvalue weighted by molar-refractivity contribution is 7.82. The molecule has 4 aliphatic rings. The summed E-state index contributed by atoms with van der Waals surface area (Å²) >= 11 is 0. The van der Waals surface area contributed by atoms with Crippen LogP contribution in [0, 0.1) is 0 Å². The first-order chi connectivity index (χ1) is 19.0. The van der Waals surface area contributed by atoms with Crippen molar-refractivity contribution in [3.8, 4) is 0 Å².